The number of alkyl halides is 1. The number of hydrogen-bond donors (Lipinski definition) is 10. The third-order valence-electron chi connectivity index (χ3n) is 9.47. The number of H-pyrrole nitrogens is 1. The molecule has 0 aromatic carbocycles. The molecule has 3 atom stereocenters. The first-order valence-electron chi connectivity index (χ1n) is 21.4. The summed E-state index contributed by atoms with van der Waals surface area (Å²) in [4.78, 5) is 108. The monoisotopic (exact) mass is 996 g/mol. The van der Waals surface area contributed by atoms with Gasteiger partial charge in [-0.1, -0.05) is 32.9 Å². The van der Waals surface area contributed by atoms with E-state index < -0.39 is 113 Å². The Morgan fingerprint density at radius 3 is 1.79 bits per heavy atom. The smallest absolute Gasteiger partial charge is 0.326 e. The zero-order chi connectivity index (χ0) is 50.6. The van der Waals surface area contributed by atoms with Crippen molar-refractivity contribution in [2.75, 3.05) is 51.1 Å². The van der Waals surface area contributed by atoms with E-state index in [2.05, 4.69) is 47.2 Å². The van der Waals surface area contributed by atoms with Crippen LogP contribution in [0, 0.1) is 10.8 Å². The lowest BCUT2D eigenvalue weighted by atomic mass is 9.71. The highest BCUT2D eigenvalue weighted by Gasteiger charge is 2.33. The zero-order valence-corrected chi connectivity index (χ0v) is 39.7. The van der Waals surface area contributed by atoms with Crippen molar-refractivity contribution in [3.8, 4) is 0 Å². The number of carbonyl (C=O) groups excluding carboxylic acids is 6. The Morgan fingerprint density at radius 2 is 1.21 bits per heavy atom. The van der Waals surface area contributed by atoms with Gasteiger partial charge in [0.2, 0.25) is 45.5 Å². The number of nitrogens with one attached hydrogen (secondary N) is 7. The Bertz CT molecular complexity index is 1900. The van der Waals surface area contributed by atoms with Gasteiger partial charge in [0.25, 0.3) is 0 Å². The van der Waals surface area contributed by atoms with Crippen LogP contribution in [0.15, 0.2) is 0 Å². The minimum atomic E-state index is -4.14. The van der Waals surface area contributed by atoms with Crippen molar-refractivity contribution in [3.63, 3.8) is 0 Å². The van der Waals surface area contributed by atoms with Gasteiger partial charge in [-0.15, -0.1) is 21.8 Å². The zero-order valence-electron chi connectivity index (χ0n) is 38.2. The van der Waals surface area contributed by atoms with E-state index in [0.717, 1.165) is 0 Å². The maximum absolute atomic E-state index is 12.7. The van der Waals surface area contributed by atoms with Crippen LogP contribution in [0.5, 0.6) is 0 Å². The minimum absolute atomic E-state index is 0.0231. The number of ether oxygens (including phenoxy) is 2. The second kappa shape index (κ2) is 30.7. The van der Waals surface area contributed by atoms with Crippen molar-refractivity contribution >= 4 is 75.0 Å². The average molecular weight is 998 g/mol. The minimum Gasteiger partial charge on any atom is -0.480 e. The Hall–Kier alpha value is -5.54. The number of sulfonamides is 1. The summed E-state index contributed by atoms with van der Waals surface area (Å²) < 4.78 is 37.7. The molecular formula is C39H65ClN10O16S. The Morgan fingerprint density at radius 1 is 0.657 bits per heavy atom. The summed E-state index contributed by atoms with van der Waals surface area (Å²) in [5.41, 5.74) is -0.956. The van der Waals surface area contributed by atoms with E-state index in [1.807, 2.05) is 32.4 Å². The number of tetrazole rings is 1. The van der Waals surface area contributed by atoms with Gasteiger partial charge in [-0.25, -0.2) is 22.8 Å². The second-order valence-electron chi connectivity index (χ2n) is 17.1. The number of amides is 6. The molecule has 1 heterocycles. The lowest BCUT2D eigenvalue weighted by molar-refractivity contribution is -0.143. The number of hydrogen-bond acceptors (Lipinski definition) is 16. The lowest BCUT2D eigenvalue weighted by Crippen LogP contribution is -2.44. The van der Waals surface area contributed by atoms with Crippen LogP contribution >= 0.6 is 11.6 Å². The third-order valence-corrected chi connectivity index (χ3v) is 11.1. The number of carbonyl (C=O) groups is 9. The van der Waals surface area contributed by atoms with Crippen LogP contribution in [0.3, 0.4) is 0 Å². The number of aliphatic carboxylic acids is 3. The molecule has 0 saturated heterocycles. The van der Waals surface area contributed by atoms with Gasteiger partial charge in [0.1, 0.15) is 30.6 Å². The molecule has 28 heteroatoms. The molecule has 0 saturated carbocycles. The van der Waals surface area contributed by atoms with Gasteiger partial charge in [0.15, 0.2) is 5.82 Å². The summed E-state index contributed by atoms with van der Waals surface area (Å²) in [6.45, 7) is 7.49. The SMILES string of the molecule is CC(C)(CC(=O)NS(=O)(=O)CCCC(=O)NC(CCC(=O)NC(CCC(=O)NCCOCCOCC(=O)NC(CCCCNC(=O)CCl)C(=O)O)C(=O)O)C(=O)O)CC(C)(C)Cc1nn[nH]n1. The fourth-order valence-electron chi connectivity index (χ4n) is 6.80. The molecular weight excluding hydrogens is 932 g/mol. The quantitative estimate of drug-likeness (QED) is 0.0275. The normalized spacial score (nSPS) is 13.0. The highest BCUT2D eigenvalue weighted by molar-refractivity contribution is 7.90. The number of carboxylic acid groups (broad SMARTS) is 3. The first kappa shape index (κ1) is 59.5. The molecule has 0 aliphatic carbocycles. The van der Waals surface area contributed by atoms with Gasteiger partial charge in [-0.05, 0) is 55.8 Å². The molecule has 0 radical (unpaired) electrons. The maximum atomic E-state index is 12.7. The maximum Gasteiger partial charge on any atom is 0.326 e. The first-order chi connectivity index (χ1) is 31.3. The van der Waals surface area contributed by atoms with Crippen LogP contribution in [-0.2, 0) is 69.1 Å². The molecule has 380 valence electrons. The van der Waals surface area contributed by atoms with Crippen molar-refractivity contribution in [3.05, 3.63) is 5.82 Å². The fourth-order valence-corrected chi connectivity index (χ4v) is 7.94. The summed E-state index contributed by atoms with van der Waals surface area (Å²) in [5.74, 6) is -8.48. The number of rotatable bonds is 37. The van der Waals surface area contributed by atoms with E-state index in [9.17, 15) is 66.9 Å². The van der Waals surface area contributed by atoms with Gasteiger partial charge < -0.3 is 51.4 Å². The van der Waals surface area contributed by atoms with Crippen LogP contribution in [-0.4, -0.2) is 167 Å². The molecule has 10 N–H and O–H groups in total. The number of aromatic amines is 1. The number of carboxylic acids is 3. The molecule has 1 aromatic rings. The molecule has 3 unspecified atom stereocenters. The third kappa shape index (κ3) is 29.0. The van der Waals surface area contributed by atoms with Crippen LogP contribution in [0.4, 0.5) is 0 Å². The highest BCUT2D eigenvalue weighted by Crippen LogP contribution is 2.38. The van der Waals surface area contributed by atoms with Crippen LogP contribution in [0.25, 0.3) is 0 Å². The Kier molecular flexibility index (Phi) is 27.2. The van der Waals surface area contributed by atoms with Crippen molar-refractivity contribution in [1.82, 2.24) is 51.9 Å². The fraction of sp³-hybridized carbons (Fsp3) is 0.744. The van der Waals surface area contributed by atoms with E-state index in [1.54, 1.807) is 0 Å². The molecule has 67 heavy (non-hydrogen) atoms. The van der Waals surface area contributed by atoms with Crippen molar-refractivity contribution in [2.24, 2.45) is 10.8 Å². The molecule has 0 aliphatic heterocycles. The van der Waals surface area contributed by atoms with E-state index in [1.165, 1.54) is 0 Å². The molecule has 26 nitrogen and oxygen atoms in total. The predicted octanol–water partition coefficient (Wildman–Crippen LogP) is -1.26. The Labute approximate surface area is 392 Å². The number of nitrogens with zero attached hydrogens (tertiary/aromatic N) is 3. The highest BCUT2D eigenvalue weighted by atomic mass is 35.5. The van der Waals surface area contributed by atoms with Crippen LogP contribution in [0.1, 0.15) is 104 Å². The summed E-state index contributed by atoms with van der Waals surface area (Å²) in [6, 6.07) is -4.23. The molecule has 0 fully saturated rings. The van der Waals surface area contributed by atoms with Gasteiger partial charge in [0.05, 0.1) is 25.6 Å². The number of aromatic nitrogens is 4. The number of unbranched alkanes of at least 4 members (excludes halogenated alkanes) is 1. The summed E-state index contributed by atoms with van der Waals surface area (Å²) in [6.07, 6.45) is -0.367. The van der Waals surface area contributed by atoms with Gasteiger partial charge in [-0.3, -0.25) is 33.5 Å². The van der Waals surface area contributed by atoms with Gasteiger partial charge >= 0.3 is 17.9 Å². The topological polar surface area (TPSA) is 394 Å². The van der Waals surface area contributed by atoms with E-state index >= 15 is 0 Å². The largest absolute Gasteiger partial charge is 0.480 e. The first-order valence-corrected chi connectivity index (χ1v) is 23.6. The second-order valence-corrected chi connectivity index (χ2v) is 19.2. The molecule has 6 amide bonds. The van der Waals surface area contributed by atoms with Gasteiger partial charge in [-0.2, -0.15) is 5.21 Å². The molecule has 1 rings (SSSR count). The van der Waals surface area contributed by atoms with Crippen molar-refractivity contribution in [1.29, 1.82) is 0 Å². The van der Waals surface area contributed by atoms with Crippen molar-refractivity contribution < 1.29 is 76.4 Å². The predicted molar refractivity (Wildman–Crippen MR) is 235 cm³/mol. The Balaban J connectivity index is 2.35. The number of halogens is 1. The van der Waals surface area contributed by atoms with Crippen LogP contribution in [0.2, 0.25) is 0 Å². The molecule has 0 spiro atoms. The lowest BCUT2D eigenvalue weighted by Gasteiger charge is -2.34. The summed E-state index contributed by atoms with van der Waals surface area (Å²) >= 11 is 5.38. The standard InChI is InChI=1S/C39H65ClN10O16S/c1-38(2,20-28-46-49-50-47-28)24-39(3,4)21-32(54)48-67(63,64)19-7-9-30(52)43-27(37(61)62)11-13-31(53)44-26(36(59)60)10-12-29(51)42-15-16-65-17-18-66-23-34(56)45-25(35(57)58)8-5-6-14-41-33(55)22-40/h25-27H,5-24H2,1-4H3,(H,41,55)(H,42,51)(H,43,52)(H,44,53)(H,45,56)(H,48,54)(H,57,58)(H,59,60)(H,61,62)(H,46,47,49,50). The van der Waals surface area contributed by atoms with E-state index in [-0.39, 0.29) is 75.7 Å². The molecule has 1 aromatic heterocycles. The average Bonchev–Trinajstić information content (AvgIpc) is 3.71. The summed E-state index contributed by atoms with van der Waals surface area (Å²) in [7, 11) is -4.14. The van der Waals surface area contributed by atoms with Crippen molar-refractivity contribution in [2.45, 2.75) is 123 Å². The summed E-state index contributed by atoms with van der Waals surface area (Å²) in [5, 5.41) is 54.1. The van der Waals surface area contributed by atoms with E-state index in [4.69, 9.17) is 21.1 Å². The van der Waals surface area contributed by atoms with E-state index in [0.29, 0.717) is 38.1 Å². The van der Waals surface area contributed by atoms with Gasteiger partial charge in [0, 0.05) is 45.2 Å². The molecule has 0 bridgehead atoms. The van der Waals surface area contributed by atoms with Crippen LogP contribution < -0.4 is 31.3 Å². The molecule has 0 aliphatic rings.